The molecule has 1 atom stereocenters. The summed E-state index contributed by atoms with van der Waals surface area (Å²) in [4.78, 5) is 10.2. The molecule has 1 aliphatic rings. The van der Waals surface area contributed by atoms with Crippen LogP contribution in [0.3, 0.4) is 0 Å². The molecule has 0 bridgehead atoms. The van der Waals surface area contributed by atoms with Crippen molar-refractivity contribution in [2.24, 2.45) is 0 Å². The monoisotopic (exact) mass is 244 g/mol. The van der Waals surface area contributed by atoms with Crippen LogP contribution in [0.15, 0.2) is 18.2 Å². The zero-order valence-corrected chi connectivity index (χ0v) is 11.0. The summed E-state index contributed by atoms with van der Waals surface area (Å²) in [6.45, 7) is 5.32. The van der Waals surface area contributed by atoms with E-state index in [4.69, 9.17) is 0 Å². The minimum Gasteiger partial charge on any atom is -0.342 e. The van der Waals surface area contributed by atoms with Gasteiger partial charge in [-0.15, -0.1) is 0 Å². The van der Waals surface area contributed by atoms with Gasteiger partial charge in [-0.1, -0.05) is 6.07 Å². The minimum absolute atomic E-state index is 0.597. The van der Waals surface area contributed by atoms with Gasteiger partial charge in [-0.05, 0) is 38.1 Å². The van der Waals surface area contributed by atoms with Gasteiger partial charge in [0.05, 0.1) is 11.0 Å². The maximum atomic E-state index is 4.44. The number of hydrogen-bond donors (Lipinski definition) is 2. The smallest absolute Gasteiger partial charge is 0.104 e. The van der Waals surface area contributed by atoms with E-state index in [0.29, 0.717) is 6.04 Å². The number of aryl methyl sites for hydroxylation is 1. The molecule has 0 aliphatic carbocycles. The molecule has 1 aromatic heterocycles. The van der Waals surface area contributed by atoms with Crippen LogP contribution >= 0.6 is 0 Å². The average Bonchev–Trinajstić information content (AvgIpc) is 2.71. The van der Waals surface area contributed by atoms with E-state index in [-0.39, 0.29) is 0 Å². The Hall–Kier alpha value is -1.39. The van der Waals surface area contributed by atoms with Crippen molar-refractivity contribution in [1.29, 1.82) is 0 Å². The SMILES string of the molecule is Cc1nc2ccc(CC3CNCCN3C)cc2[nH]1. The predicted octanol–water partition coefficient (Wildman–Crippen LogP) is 1.32. The van der Waals surface area contributed by atoms with E-state index in [2.05, 4.69) is 45.4 Å². The van der Waals surface area contributed by atoms with Crippen LogP contribution in [0.5, 0.6) is 0 Å². The van der Waals surface area contributed by atoms with Gasteiger partial charge in [0.2, 0.25) is 0 Å². The summed E-state index contributed by atoms with van der Waals surface area (Å²) in [6.07, 6.45) is 1.09. The second-order valence-corrected chi connectivity index (χ2v) is 5.22. The fraction of sp³-hybridized carbons (Fsp3) is 0.500. The first-order valence-corrected chi connectivity index (χ1v) is 6.58. The number of aromatic nitrogens is 2. The molecule has 1 saturated heterocycles. The van der Waals surface area contributed by atoms with Crippen LogP contribution in [0, 0.1) is 6.92 Å². The van der Waals surface area contributed by atoms with Gasteiger partial charge in [0, 0.05) is 25.7 Å². The highest BCUT2D eigenvalue weighted by molar-refractivity contribution is 5.75. The number of likely N-dealkylation sites (N-methyl/N-ethyl adjacent to an activating group) is 1. The van der Waals surface area contributed by atoms with Crippen LogP contribution in [0.4, 0.5) is 0 Å². The van der Waals surface area contributed by atoms with Gasteiger partial charge < -0.3 is 15.2 Å². The average molecular weight is 244 g/mol. The lowest BCUT2D eigenvalue weighted by molar-refractivity contribution is 0.199. The van der Waals surface area contributed by atoms with Crippen molar-refractivity contribution in [3.05, 3.63) is 29.6 Å². The summed E-state index contributed by atoms with van der Waals surface area (Å²) in [5, 5.41) is 3.46. The first kappa shape index (κ1) is 11.7. The van der Waals surface area contributed by atoms with E-state index >= 15 is 0 Å². The van der Waals surface area contributed by atoms with E-state index in [0.717, 1.165) is 42.9 Å². The van der Waals surface area contributed by atoms with Crippen LogP contribution in [0.25, 0.3) is 11.0 Å². The third-order valence-corrected chi connectivity index (χ3v) is 3.78. The van der Waals surface area contributed by atoms with Crippen LogP contribution in [-0.2, 0) is 6.42 Å². The first-order valence-electron chi connectivity index (χ1n) is 6.58. The van der Waals surface area contributed by atoms with E-state index < -0.39 is 0 Å². The predicted molar refractivity (Wildman–Crippen MR) is 73.8 cm³/mol. The lowest BCUT2D eigenvalue weighted by atomic mass is 10.0. The van der Waals surface area contributed by atoms with Gasteiger partial charge in [-0.2, -0.15) is 0 Å². The Balaban J connectivity index is 1.81. The van der Waals surface area contributed by atoms with E-state index in [9.17, 15) is 0 Å². The van der Waals surface area contributed by atoms with Crippen LogP contribution in [0.1, 0.15) is 11.4 Å². The topological polar surface area (TPSA) is 44.0 Å². The molecule has 0 spiro atoms. The Morgan fingerprint density at radius 2 is 2.33 bits per heavy atom. The van der Waals surface area contributed by atoms with Crippen molar-refractivity contribution in [2.75, 3.05) is 26.7 Å². The van der Waals surface area contributed by atoms with Gasteiger partial charge in [-0.25, -0.2) is 4.98 Å². The molecule has 4 heteroatoms. The zero-order chi connectivity index (χ0) is 12.5. The maximum Gasteiger partial charge on any atom is 0.104 e. The Bertz CT molecular complexity index is 546. The largest absolute Gasteiger partial charge is 0.342 e. The summed E-state index contributed by atoms with van der Waals surface area (Å²) in [5.74, 6) is 0.985. The molecule has 4 nitrogen and oxygen atoms in total. The second kappa shape index (κ2) is 4.71. The third kappa shape index (κ3) is 2.26. The minimum atomic E-state index is 0.597. The number of aromatic amines is 1. The van der Waals surface area contributed by atoms with E-state index in [1.807, 2.05) is 6.92 Å². The van der Waals surface area contributed by atoms with Crippen LogP contribution in [-0.4, -0.2) is 47.6 Å². The number of piperazine rings is 1. The molecule has 0 radical (unpaired) electrons. The van der Waals surface area contributed by atoms with Crippen molar-refractivity contribution in [1.82, 2.24) is 20.2 Å². The summed E-state index contributed by atoms with van der Waals surface area (Å²) in [5.41, 5.74) is 3.59. The van der Waals surface area contributed by atoms with Gasteiger partial charge >= 0.3 is 0 Å². The molecule has 1 unspecified atom stereocenters. The molecular weight excluding hydrogens is 224 g/mol. The molecule has 3 rings (SSSR count). The van der Waals surface area contributed by atoms with Crippen LogP contribution < -0.4 is 5.32 Å². The van der Waals surface area contributed by atoms with Crippen molar-refractivity contribution in [3.63, 3.8) is 0 Å². The Labute approximate surface area is 107 Å². The van der Waals surface area contributed by atoms with Gasteiger partial charge in [-0.3, -0.25) is 0 Å². The van der Waals surface area contributed by atoms with Gasteiger partial charge in [0.25, 0.3) is 0 Å². The lowest BCUT2D eigenvalue weighted by Gasteiger charge is -2.33. The number of hydrogen-bond acceptors (Lipinski definition) is 3. The first-order chi connectivity index (χ1) is 8.72. The van der Waals surface area contributed by atoms with Gasteiger partial charge in [0.1, 0.15) is 5.82 Å². The van der Waals surface area contributed by atoms with Gasteiger partial charge in [0.15, 0.2) is 0 Å². The molecule has 2 heterocycles. The number of nitrogens with zero attached hydrogens (tertiary/aromatic N) is 2. The molecule has 1 aromatic carbocycles. The fourth-order valence-corrected chi connectivity index (χ4v) is 2.67. The normalized spacial score (nSPS) is 21.6. The summed E-state index contributed by atoms with van der Waals surface area (Å²) in [7, 11) is 2.21. The van der Waals surface area contributed by atoms with E-state index in [1.165, 1.54) is 5.56 Å². The molecule has 96 valence electrons. The number of rotatable bonds is 2. The van der Waals surface area contributed by atoms with Crippen molar-refractivity contribution in [2.45, 2.75) is 19.4 Å². The molecule has 18 heavy (non-hydrogen) atoms. The van der Waals surface area contributed by atoms with Crippen LogP contribution in [0.2, 0.25) is 0 Å². The van der Waals surface area contributed by atoms with Crippen molar-refractivity contribution < 1.29 is 0 Å². The lowest BCUT2D eigenvalue weighted by Crippen LogP contribution is -2.50. The second-order valence-electron chi connectivity index (χ2n) is 5.22. The summed E-state index contributed by atoms with van der Waals surface area (Å²) >= 11 is 0. The highest BCUT2D eigenvalue weighted by Crippen LogP contribution is 2.16. The standard InChI is InChI=1S/C14H20N4/c1-10-16-13-4-3-11(8-14(13)17-10)7-12-9-15-5-6-18(12)2/h3-4,8,12,15H,5-7,9H2,1-2H3,(H,16,17). The summed E-state index contributed by atoms with van der Waals surface area (Å²) in [6, 6.07) is 7.15. The molecule has 1 fully saturated rings. The maximum absolute atomic E-state index is 4.44. The quantitative estimate of drug-likeness (QED) is 0.837. The third-order valence-electron chi connectivity index (χ3n) is 3.78. The Morgan fingerprint density at radius 3 is 3.17 bits per heavy atom. The molecule has 2 aromatic rings. The fourth-order valence-electron chi connectivity index (χ4n) is 2.67. The van der Waals surface area contributed by atoms with Crippen molar-refractivity contribution >= 4 is 11.0 Å². The number of benzene rings is 1. The highest BCUT2D eigenvalue weighted by atomic mass is 15.2. The Kier molecular flexibility index (Phi) is 3.06. The molecule has 1 aliphatic heterocycles. The molecule has 2 N–H and O–H groups in total. The zero-order valence-electron chi connectivity index (χ0n) is 11.0. The highest BCUT2D eigenvalue weighted by Gasteiger charge is 2.18. The van der Waals surface area contributed by atoms with Crippen molar-refractivity contribution in [3.8, 4) is 0 Å². The summed E-state index contributed by atoms with van der Waals surface area (Å²) < 4.78 is 0. The number of H-pyrrole nitrogens is 1. The number of imidazole rings is 1. The van der Waals surface area contributed by atoms with E-state index in [1.54, 1.807) is 0 Å². The molecule has 0 amide bonds. The molecule has 0 saturated carbocycles. The number of fused-ring (bicyclic) bond motifs is 1. The number of nitrogens with one attached hydrogen (secondary N) is 2. The molecular formula is C14H20N4. The Morgan fingerprint density at radius 1 is 1.44 bits per heavy atom.